The van der Waals surface area contributed by atoms with Crippen LogP contribution in [-0.4, -0.2) is 28.2 Å². The van der Waals surface area contributed by atoms with E-state index in [2.05, 4.69) is 0 Å². The lowest BCUT2D eigenvalue weighted by Crippen LogP contribution is -2.37. The van der Waals surface area contributed by atoms with Crippen LogP contribution >= 0.6 is 0 Å². The van der Waals surface area contributed by atoms with E-state index in [0.717, 1.165) is 11.1 Å². The molecule has 5 rings (SSSR count). The fraction of sp³-hybridized carbons (Fsp3) is 0.120. The molecule has 2 aliphatic rings. The molecule has 2 amide bonds. The number of fused-ring (bicyclic) bond motifs is 2. The molecule has 0 radical (unpaired) electrons. The molecule has 0 unspecified atom stereocenters. The Morgan fingerprint density at radius 2 is 1.50 bits per heavy atom. The summed E-state index contributed by atoms with van der Waals surface area (Å²) >= 11 is 0. The van der Waals surface area contributed by atoms with E-state index in [4.69, 9.17) is 5.73 Å². The van der Waals surface area contributed by atoms with Gasteiger partial charge in [-0.1, -0.05) is 42.5 Å². The number of non-ortho nitro benzene ring substituents is 1. The van der Waals surface area contributed by atoms with Gasteiger partial charge >= 0.3 is 0 Å². The third kappa shape index (κ3) is 2.65. The van der Waals surface area contributed by atoms with Crippen LogP contribution in [0.3, 0.4) is 0 Å². The molecule has 2 N–H and O–H groups in total. The zero-order valence-electron chi connectivity index (χ0n) is 17.2. The van der Waals surface area contributed by atoms with Crippen LogP contribution in [0, 0.1) is 10.1 Å². The van der Waals surface area contributed by atoms with Crippen LogP contribution in [0.2, 0.25) is 0 Å². The summed E-state index contributed by atoms with van der Waals surface area (Å²) in [6, 6.07) is 20.7. The summed E-state index contributed by atoms with van der Waals surface area (Å²) in [6.07, 6.45) is 0. The lowest BCUT2D eigenvalue weighted by Gasteiger charge is -2.29. The van der Waals surface area contributed by atoms with Gasteiger partial charge in [0.05, 0.1) is 28.1 Å². The maximum atomic E-state index is 13.0. The number of nitrogens with zero attached hydrogens (tertiary/aromatic N) is 2. The second-order valence-electron chi connectivity index (χ2n) is 8.01. The third-order valence-corrected chi connectivity index (χ3v) is 6.43. The summed E-state index contributed by atoms with van der Waals surface area (Å²) in [5.41, 5.74) is 10.1. The van der Waals surface area contributed by atoms with Crippen molar-refractivity contribution >= 4 is 23.1 Å². The first-order chi connectivity index (χ1) is 15.3. The number of imide groups is 1. The maximum absolute atomic E-state index is 13.0. The summed E-state index contributed by atoms with van der Waals surface area (Å²) in [5.74, 6) is -0.765. The lowest BCUT2D eigenvalue weighted by atomic mass is 9.81. The average Bonchev–Trinajstić information content (AvgIpc) is 3.18. The van der Waals surface area contributed by atoms with Crippen molar-refractivity contribution in [2.75, 3.05) is 6.54 Å². The normalized spacial score (nSPS) is 19.4. The third-order valence-electron chi connectivity index (χ3n) is 6.43. The molecule has 32 heavy (non-hydrogen) atoms. The number of amides is 2. The minimum absolute atomic E-state index is 0.0157. The average molecular weight is 425 g/mol. The van der Waals surface area contributed by atoms with Gasteiger partial charge in [0.25, 0.3) is 17.5 Å². The van der Waals surface area contributed by atoms with E-state index in [1.807, 2.05) is 37.3 Å². The number of nitrogens with two attached hydrogens (primary N) is 1. The second kappa shape index (κ2) is 6.96. The van der Waals surface area contributed by atoms with Crippen molar-refractivity contribution in [1.82, 2.24) is 4.90 Å². The molecule has 1 aliphatic carbocycles. The molecule has 0 bridgehead atoms. The fourth-order valence-corrected chi connectivity index (χ4v) is 4.70. The van der Waals surface area contributed by atoms with E-state index < -0.39 is 10.5 Å². The zero-order valence-corrected chi connectivity index (χ0v) is 17.2. The quantitative estimate of drug-likeness (QED) is 0.388. The van der Waals surface area contributed by atoms with Crippen molar-refractivity contribution in [3.05, 3.63) is 116 Å². The van der Waals surface area contributed by atoms with Gasteiger partial charge in [0.15, 0.2) is 0 Å². The highest BCUT2D eigenvalue weighted by molar-refractivity contribution is 6.22. The van der Waals surface area contributed by atoms with Gasteiger partial charge in [-0.05, 0) is 53.0 Å². The smallest absolute Gasteiger partial charge is 0.270 e. The maximum Gasteiger partial charge on any atom is 0.270 e. The fourth-order valence-electron chi connectivity index (χ4n) is 4.70. The molecule has 1 aliphatic heterocycles. The standard InChI is InChI=1S/C25H19N3O4/c1-15-21(14-27-23(29)18-9-5-6-10-19(18)24(27)30)20-13-17(28(31)32)11-12-22(20)25(15,26)16-7-3-2-4-8-16/h2-13H,14,26H2,1H3/t25-/m0/s1. The number of benzene rings is 3. The van der Waals surface area contributed by atoms with E-state index in [0.29, 0.717) is 27.8 Å². The van der Waals surface area contributed by atoms with Gasteiger partial charge in [-0.25, -0.2) is 0 Å². The Balaban J connectivity index is 1.66. The molecule has 0 saturated heterocycles. The Labute approximate surface area is 183 Å². The van der Waals surface area contributed by atoms with Gasteiger partial charge in [-0.15, -0.1) is 0 Å². The Morgan fingerprint density at radius 3 is 2.09 bits per heavy atom. The van der Waals surface area contributed by atoms with Crippen molar-refractivity contribution in [3.8, 4) is 0 Å². The molecule has 7 nitrogen and oxygen atoms in total. The Bertz CT molecular complexity index is 1310. The summed E-state index contributed by atoms with van der Waals surface area (Å²) in [4.78, 5) is 38.1. The highest BCUT2D eigenvalue weighted by Crippen LogP contribution is 2.48. The van der Waals surface area contributed by atoms with Crippen LogP contribution in [0.1, 0.15) is 44.3 Å². The number of carbonyl (C=O) groups excluding carboxylic acids is 2. The molecular formula is C25H19N3O4. The molecule has 3 aromatic carbocycles. The largest absolute Gasteiger partial charge is 0.314 e. The van der Waals surface area contributed by atoms with Crippen LogP contribution in [0.5, 0.6) is 0 Å². The van der Waals surface area contributed by atoms with E-state index in [9.17, 15) is 19.7 Å². The summed E-state index contributed by atoms with van der Waals surface area (Å²) < 4.78 is 0. The van der Waals surface area contributed by atoms with Crippen molar-refractivity contribution < 1.29 is 14.5 Å². The number of hydrogen-bond donors (Lipinski definition) is 1. The van der Waals surface area contributed by atoms with Crippen molar-refractivity contribution in [2.45, 2.75) is 12.5 Å². The minimum atomic E-state index is -1.03. The van der Waals surface area contributed by atoms with Crippen molar-refractivity contribution in [2.24, 2.45) is 5.73 Å². The molecular weight excluding hydrogens is 406 g/mol. The summed E-state index contributed by atoms with van der Waals surface area (Å²) in [6.45, 7) is 1.84. The molecule has 0 spiro atoms. The van der Waals surface area contributed by atoms with Gasteiger partial charge in [-0.2, -0.15) is 0 Å². The molecule has 7 heteroatoms. The van der Waals surface area contributed by atoms with E-state index in [-0.39, 0.29) is 24.0 Å². The number of rotatable bonds is 4. The topological polar surface area (TPSA) is 107 Å². The van der Waals surface area contributed by atoms with Gasteiger partial charge < -0.3 is 5.73 Å². The first-order valence-corrected chi connectivity index (χ1v) is 10.1. The number of carbonyl (C=O) groups is 2. The number of hydrogen-bond acceptors (Lipinski definition) is 5. The zero-order chi connectivity index (χ0) is 22.6. The van der Waals surface area contributed by atoms with Crippen LogP contribution in [-0.2, 0) is 5.54 Å². The highest BCUT2D eigenvalue weighted by atomic mass is 16.6. The van der Waals surface area contributed by atoms with Crippen LogP contribution in [0.4, 0.5) is 5.69 Å². The Morgan fingerprint density at radius 1 is 0.906 bits per heavy atom. The van der Waals surface area contributed by atoms with Gasteiger partial charge in [0.1, 0.15) is 0 Å². The van der Waals surface area contributed by atoms with Gasteiger partial charge in [-0.3, -0.25) is 24.6 Å². The van der Waals surface area contributed by atoms with Crippen LogP contribution in [0.25, 0.3) is 5.57 Å². The first kappa shape index (κ1) is 19.8. The monoisotopic (exact) mass is 425 g/mol. The van der Waals surface area contributed by atoms with E-state index >= 15 is 0 Å². The predicted octanol–water partition coefficient (Wildman–Crippen LogP) is 3.88. The van der Waals surface area contributed by atoms with Crippen molar-refractivity contribution in [1.29, 1.82) is 0 Å². The molecule has 1 heterocycles. The first-order valence-electron chi connectivity index (χ1n) is 10.1. The van der Waals surface area contributed by atoms with E-state index in [1.165, 1.54) is 17.0 Å². The number of nitro groups is 1. The Hall–Kier alpha value is -4.10. The SMILES string of the molecule is CC1=C(CN2C(=O)c3ccccc3C2=O)c2cc([N+](=O)[O-])ccc2[C@@]1(N)c1ccccc1. The Kier molecular flexibility index (Phi) is 4.32. The van der Waals surface area contributed by atoms with Crippen LogP contribution < -0.4 is 5.73 Å². The molecule has 0 fully saturated rings. The summed E-state index contributed by atoms with van der Waals surface area (Å²) in [5, 5.41) is 11.5. The second-order valence-corrected chi connectivity index (χ2v) is 8.01. The molecule has 0 aromatic heterocycles. The lowest BCUT2D eigenvalue weighted by molar-refractivity contribution is -0.384. The highest BCUT2D eigenvalue weighted by Gasteiger charge is 2.44. The van der Waals surface area contributed by atoms with Crippen LogP contribution in [0.15, 0.2) is 78.4 Å². The predicted molar refractivity (Wildman–Crippen MR) is 119 cm³/mol. The number of nitro benzene ring substituents is 1. The minimum Gasteiger partial charge on any atom is -0.314 e. The molecule has 1 atom stereocenters. The molecule has 158 valence electrons. The van der Waals surface area contributed by atoms with Gasteiger partial charge in [0.2, 0.25) is 0 Å². The van der Waals surface area contributed by atoms with Crippen molar-refractivity contribution in [3.63, 3.8) is 0 Å². The summed E-state index contributed by atoms with van der Waals surface area (Å²) in [7, 11) is 0. The molecule has 0 saturated carbocycles. The van der Waals surface area contributed by atoms with Gasteiger partial charge in [0, 0.05) is 12.1 Å². The van der Waals surface area contributed by atoms with E-state index in [1.54, 1.807) is 30.3 Å². The molecule has 3 aromatic rings.